The number of nitrogens with zero attached hydrogens (tertiary/aromatic N) is 6. The minimum absolute atomic E-state index is 0.0604. The van der Waals surface area contributed by atoms with E-state index in [0.29, 0.717) is 11.6 Å². The Morgan fingerprint density at radius 2 is 0.653 bits per heavy atom. The van der Waals surface area contributed by atoms with Crippen LogP contribution in [0.3, 0.4) is 0 Å². The van der Waals surface area contributed by atoms with Crippen molar-refractivity contribution < 1.29 is 0 Å². The molecule has 12 aromatic carbocycles. The summed E-state index contributed by atoms with van der Waals surface area (Å²) in [6.07, 6.45) is 7.26. The van der Waals surface area contributed by atoms with Gasteiger partial charge in [-0.25, -0.2) is 19.9 Å². The lowest BCUT2D eigenvalue weighted by Gasteiger charge is -2.23. The Hall–Kier alpha value is -12.4. The first-order chi connectivity index (χ1) is 48.1. The fourth-order valence-corrected chi connectivity index (χ4v) is 14.9. The molecule has 6 heteroatoms. The molecule has 2 aliphatic carbocycles. The summed E-state index contributed by atoms with van der Waals surface area (Å²) in [5.41, 5.74) is 29.6. The maximum atomic E-state index is 5.15. The molecule has 0 aliphatic heterocycles. The van der Waals surface area contributed by atoms with Crippen molar-refractivity contribution in [2.45, 2.75) is 38.5 Å². The maximum absolute atomic E-state index is 5.15. The van der Waals surface area contributed by atoms with Crippen LogP contribution in [0.5, 0.6) is 0 Å². The highest BCUT2D eigenvalue weighted by Crippen LogP contribution is 2.54. The number of aromatic nitrogens is 6. The zero-order valence-corrected chi connectivity index (χ0v) is 54.9. The molecule has 0 fully saturated rings. The Labute approximate surface area is 571 Å². The SMILES string of the molecule is CC1(C)c2ccc(-c3cccc(-c4cc(-c5cccnc5)nc(-c5ccc(-c6ccccc6)cc5)n4)c3)cc2-c2ccc3ccccc3c21.CC1(C)c2ccc(-c3cccc(-c4cc(-c5ccncc5)nc(-c5ccc(-c6ccccc6)cc5)n4)c3)cc2-c2c1ccc1ccccc21. The van der Waals surface area contributed by atoms with Crippen molar-refractivity contribution in [3.05, 3.63) is 350 Å². The summed E-state index contributed by atoms with van der Waals surface area (Å²) in [4.78, 5) is 29.0. The van der Waals surface area contributed by atoms with Crippen LogP contribution in [0.4, 0.5) is 0 Å². The van der Waals surface area contributed by atoms with Gasteiger partial charge in [-0.1, -0.05) is 270 Å². The molecule has 0 atom stereocenters. The van der Waals surface area contributed by atoms with Gasteiger partial charge in [0.05, 0.1) is 22.8 Å². The van der Waals surface area contributed by atoms with E-state index in [9.17, 15) is 0 Å². The van der Waals surface area contributed by atoms with E-state index < -0.39 is 0 Å². The minimum Gasteiger partial charge on any atom is -0.265 e. The molecule has 4 aromatic heterocycles. The second kappa shape index (κ2) is 24.4. The van der Waals surface area contributed by atoms with Gasteiger partial charge in [0.25, 0.3) is 0 Å². The highest BCUT2D eigenvalue weighted by Gasteiger charge is 2.38. The van der Waals surface area contributed by atoms with Gasteiger partial charge in [0.1, 0.15) is 0 Å². The molecule has 0 radical (unpaired) electrons. The van der Waals surface area contributed by atoms with E-state index >= 15 is 0 Å². The summed E-state index contributed by atoms with van der Waals surface area (Å²) in [6, 6.07) is 108. The van der Waals surface area contributed by atoms with E-state index in [1.807, 2.05) is 55.0 Å². The summed E-state index contributed by atoms with van der Waals surface area (Å²) in [5, 5.41) is 5.21. The van der Waals surface area contributed by atoms with Crippen LogP contribution in [-0.4, -0.2) is 29.9 Å². The molecule has 0 saturated heterocycles. The van der Waals surface area contributed by atoms with Crippen molar-refractivity contribution in [2.24, 2.45) is 0 Å². The van der Waals surface area contributed by atoms with Gasteiger partial charge in [0, 0.05) is 69.0 Å². The molecule has 18 rings (SSSR count). The largest absolute Gasteiger partial charge is 0.265 e. The van der Waals surface area contributed by atoms with Gasteiger partial charge in [-0.15, -0.1) is 0 Å². The summed E-state index contributed by atoms with van der Waals surface area (Å²) in [7, 11) is 0. The lowest BCUT2D eigenvalue weighted by molar-refractivity contribution is 0.661. The topological polar surface area (TPSA) is 77.3 Å². The Bertz CT molecular complexity index is 5710. The third-order valence-electron chi connectivity index (χ3n) is 20.0. The first-order valence-electron chi connectivity index (χ1n) is 33.5. The normalized spacial score (nSPS) is 12.9. The molecule has 98 heavy (non-hydrogen) atoms. The van der Waals surface area contributed by atoms with Crippen LogP contribution in [0, 0.1) is 0 Å². The zero-order valence-electron chi connectivity index (χ0n) is 54.9. The van der Waals surface area contributed by atoms with Crippen LogP contribution < -0.4 is 0 Å². The van der Waals surface area contributed by atoms with Crippen LogP contribution in [0.25, 0.3) is 156 Å². The highest BCUT2D eigenvalue weighted by molar-refractivity contribution is 6.03. The highest BCUT2D eigenvalue weighted by atomic mass is 14.9. The van der Waals surface area contributed by atoms with Crippen molar-refractivity contribution in [1.82, 2.24) is 29.9 Å². The van der Waals surface area contributed by atoms with Gasteiger partial charge in [-0.05, 0) is 171 Å². The van der Waals surface area contributed by atoms with Crippen LogP contribution in [-0.2, 0) is 10.8 Å². The van der Waals surface area contributed by atoms with Gasteiger partial charge >= 0.3 is 0 Å². The molecule has 6 nitrogen and oxygen atoms in total. The van der Waals surface area contributed by atoms with Crippen LogP contribution >= 0.6 is 0 Å². The smallest absolute Gasteiger partial charge is 0.160 e. The zero-order chi connectivity index (χ0) is 65.9. The molecule has 0 unspecified atom stereocenters. The van der Waals surface area contributed by atoms with Gasteiger partial charge in [0.15, 0.2) is 11.6 Å². The van der Waals surface area contributed by atoms with Gasteiger partial charge in [-0.3, -0.25) is 9.97 Å². The third-order valence-corrected chi connectivity index (χ3v) is 20.0. The molecular formula is C92H66N6. The third kappa shape index (κ3) is 10.8. The summed E-state index contributed by atoms with van der Waals surface area (Å²) in [5.74, 6) is 1.38. The first-order valence-corrected chi connectivity index (χ1v) is 33.5. The average molecular weight is 1260 g/mol. The predicted molar refractivity (Wildman–Crippen MR) is 404 cm³/mol. The number of pyridine rings is 2. The molecule has 16 aromatic rings. The van der Waals surface area contributed by atoms with Crippen molar-refractivity contribution >= 4 is 21.5 Å². The Kier molecular flexibility index (Phi) is 14.8. The van der Waals surface area contributed by atoms with E-state index in [1.54, 1.807) is 6.20 Å². The van der Waals surface area contributed by atoms with Crippen LogP contribution in [0.1, 0.15) is 49.9 Å². The summed E-state index contributed by atoms with van der Waals surface area (Å²) < 4.78 is 0. The van der Waals surface area contributed by atoms with E-state index in [4.69, 9.17) is 19.9 Å². The second-order valence-electron chi connectivity index (χ2n) is 26.6. The molecule has 0 saturated carbocycles. The summed E-state index contributed by atoms with van der Waals surface area (Å²) in [6.45, 7) is 9.39. The number of hydrogen-bond donors (Lipinski definition) is 0. The predicted octanol–water partition coefficient (Wildman–Crippen LogP) is 23.3. The van der Waals surface area contributed by atoms with Gasteiger partial charge in [-0.2, -0.15) is 0 Å². The van der Waals surface area contributed by atoms with Crippen molar-refractivity contribution in [3.63, 3.8) is 0 Å². The van der Waals surface area contributed by atoms with Gasteiger partial charge in [0.2, 0.25) is 0 Å². The molecule has 0 spiro atoms. The fraction of sp³-hybridized carbons (Fsp3) is 0.0652. The minimum atomic E-state index is -0.0781. The monoisotopic (exact) mass is 1250 g/mol. The number of rotatable bonds is 10. The lowest BCUT2D eigenvalue weighted by atomic mass is 9.80. The van der Waals surface area contributed by atoms with Crippen molar-refractivity contribution in [1.29, 1.82) is 0 Å². The fourth-order valence-electron chi connectivity index (χ4n) is 14.9. The van der Waals surface area contributed by atoms with E-state index in [0.717, 1.165) is 78.4 Å². The van der Waals surface area contributed by atoms with Crippen molar-refractivity contribution in [2.75, 3.05) is 0 Å². The maximum Gasteiger partial charge on any atom is 0.160 e. The molecule has 464 valence electrons. The van der Waals surface area contributed by atoms with Crippen LogP contribution in [0.2, 0.25) is 0 Å². The second-order valence-corrected chi connectivity index (χ2v) is 26.6. The molecule has 2 aliphatic rings. The Balaban J connectivity index is 0.000000147. The number of benzene rings is 12. The Morgan fingerprint density at radius 3 is 1.22 bits per heavy atom. The van der Waals surface area contributed by atoms with Crippen LogP contribution in [0.15, 0.2) is 328 Å². The molecule has 0 amide bonds. The standard InChI is InChI=1S/2C46H33N3/c1-46(2)41-24-22-35(27-40(41)39-23-21-32-12-6-7-16-38(32)44(39)46)34-13-8-14-36(26-34)42-28-43(37-15-9-25-47-29-37)49-45(48-42)33-19-17-31(18-20-33)30-10-4-3-5-11-30;1-46(2)40-21-20-36(28-39(40)44-38-14-7-6-11-32(38)19-22-41(44)46)35-12-8-13-37(27-35)43-29-42(33-23-25-47-26-24-33)48-45(49-43)34-17-15-31(16-18-34)30-9-4-3-5-10-30/h2*3-29H,1-2H3. The molecular weight excluding hydrogens is 1190 g/mol. The summed E-state index contributed by atoms with van der Waals surface area (Å²) >= 11 is 0. The van der Waals surface area contributed by atoms with E-state index in [1.165, 1.54) is 88.3 Å². The molecule has 4 heterocycles. The quantitative estimate of drug-likeness (QED) is 0.136. The Morgan fingerprint density at radius 1 is 0.235 bits per heavy atom. The first kappa shape index (κ1) is 59.4. The number of fused-ring (bicyclic) bond motifs is 10. The lowest BCUT2D eigenvalue weighted by Crippen LogP contribution is -2.15. The average Bonchev–Trinajstić information content (AvgIpc) is 1.57. The van der Waals surface area contributed by atoms with Gasteiger partial charge < -0.3 is 0 Å². The number of hydrogen-bond acceptors (Lipinski definition) is 6. The van der Waals surface area contributed by atoms with Crippen molar-refractivity contribution in [3.8, 4) is 135 Å². The molecule has 0 bridgehead atoms. The van der Waals surface area contributed by atoms with E-state index in [2.05, 4.69) is 305 Å². The molecule has 0 N–H and O–H groups in total. The van der Waals surface area contributed by atoms with E-state index in [-0.39, 0.29) is 10.8 Å².